The molecule has 1 aromatic rings. The van der Waals surface area contributed by atoms with E-state index in [9.17, 15) is 0 Å². The summed E-state index contributed by atoms with van der Waals surface area (Å²) in [5.74, 6) is 0. The molecule has 0 unspecified atom stereocenters. The van der Waals surface area contributed by atoms with Crippen LogP contribution in [0.5, 0.6) is 0 Å². The summed E-state index contributed by atoms with van der Waals surface area (Å²) >= 11 is 1.86. The Morgan fingerprint density at radius 2 is 1.82 bits per heavy atom. The number of benzene rings is 1. The molecular weight excluding hydrogens is 228 g/mol. The first-order chi connectivity index (χ1) is 8.20. The largest absolute Gasteiger partial charge is 0.314 e. The quantitative estimate of drug-likeness (QED) is 0.830. The van der Waals surface area contributed by atoms with Gasteiger partial charge in [-0.15, -0.1) is 11.8 Å². The van der Waals surface area contributed by atoms with Crippen LogP contribution in [0.3, 0.4) is 0 Å². The lowest BCUT2D eigenvalue weighted by molar-refractivity contribution is 0.231. The van der Waals surface area contributed by atoms with Gasteiger partial charge in [-0.3, -0.25) is 4.90 Å². The van der Waals surface area contributed by atoms with E-state index in [1.807, 2.05) is 11.8 Å². The zero-order valence-corrected chi connectivity index (χ0v) is 11.9. The summed E-state index contributed by atoms with van der Waals surface area (Å²) in [4.78, 5) is 3.98. The van der Waals surface area contributed by atoms with Crippen molar-refractivity contribution < 1.29 is 0 Å². The van der Waals surface area contributed by atoms with Crippen LogP contribution in [0, 0.1) is 13.8 Å². The molecule has 2 rings (SSSR count). The fraction of sp³-hybridized carbons (Fsp3) is 0.571. The minimum atomic E-state index is 1.10. The molecule has 1 N–H and O–H groups in total. The van der Waals surface area contributed by atoms with Crippen LogP contribution in [0.1, 0.15) is 16.7 Å². The Balaban J connectivity index is 2.15. The van der Waals surface area contributed by atoms with Crippen LogP contribution in [-0.4, -0.2) is 37.3 Å². The van der Waals surface area contributed by atoms with Gasteiger partial charge in [-0.25, -0.2) is 0 Å². The Hall–Kier alpha value is -0.510. The molecule has 1 aromatic carbocycles. The Labute approximate surface area is 109 Å². The third kappa shape index (κ3) is 3.24. The van der Waals surface area contributed by atoms with E-state index in [0.29, 0.717) is 0 Å². The molecule has 0 radical (unpaired) electrons. The highest BCUT2D eigenvalue weighted by atomic mass is 32.2. The van der Waals surface area contributed by atoms with Gasteiger partial charge < -0.3 is 5.32 Å². The van der Waals surface area contributed by atoms with Crippen molar-refractivity contribution in [2.75, 3.05) is 32.4 Å². The Morgan fingerprint density at radius 3 is 2.47 bits per heavy atom. The van der Waals surface area contributed by atoms with Crippen LogP contribution in [-0.2, 0) is 6.54 Å². The molecule has 0 bridgehead atoms. The van der Waals surface area contributed by atoms with Crippen molar-refractivity contribution in [1.29, 1.82) is 0 Å². The predicted octanol–water partition coefficient (Wildman–Crippen LogP) is 2.43. The molecule has 1 saturated heterocycles. The second-order valence-corrected chi connectivity index (χ2v) is 5.62. The van der Waals surface area contributed by atoms with Crippen molar-refractivity contribution in [1.82, 2.24) is 10.2 Å². The minimum Gasteiger partial charge on any atom is -0.314 e. The average Bonchev–Trinajstić information content (AvgIpc) is 2.35. The van der Waals surface area contributed by atoms with E-state index in [0.717, 1.165) is 19.6 Å². The average molecular weight is 250 g/mol. The second kappa shape index (κ2) is 5.89. The minimum absolute atomic E-state index is 1.10. The zero-order chi connectivity index (χ0) is 12.3. The molecule has 0 aromatic heterocycles. The first-order valence-electron chi connectivity index (χ1n) is 6.28. The van der Waals surface area contributed by atoms with Gasteiger partial charge in [0.1, 0.15) is 0 Å². The highest BCUT2D eigenvalue weighted by molar-refractivity contribution is 7.98. The van der Waals surface area contributed by atoms with E-state index >= 15 is 0 Å². The first kappa shape index (κ1) is 12.9. The normalized spacial score (nSPS) is 17.4. The van der Waals surface area contributed by atoms with Gasteiger partial charge in [-0.2, -0.15) is 0 Å². The van der Waals surface area contributed by atoms with Crippen LogP contribution in [0.25, 0.3) is 0 Å². The highest BCUT2D eigenvalue weighted by Crippen LogP contribution is 2.25. The monoisotopic (exact) mass is 250 g/mol. The summed E-state index contributed by atoms with van der Waals surface area (Å²) in [6.45, 7) is 10.1. The van der Waals surface area contributed by atoms with Crippen molar-refractivity contribution in [3.05, 3.63) is 28.8 Å². The molecule has 1 aliphatic heterocycles. The number of piperazine rings is 1. The van der Waals surface area contributed by atoms with Gasteiger partial charge in [0.05, 0.1) is 0 Å². The lowest BCUT2D eigenvalue weighted by atomic mass is 10.1. The van der Waals surface area contributed by atoms with E-state index in [-0.39, 0.29) is 0 Å². The van der Waals surface area contributed by atoms with Crippen molar-refractivity contribution >= 4 is 11.8 Å². The number of nitrogens with zero attached hydrogens (tertiary/aromatic N) is 1. The number of aryl methyl sites for hydroxylation is 2. The van der Waals surface area contributed by atoms with Gasteiger partial charge in [-0.1, -0.05) is 6.07 Å². The molecule has 0 atom stereocenters. The van der Waals surface area contributed by atoms with E-state index in [1.165, 1.54) is 34.7 Å². The molecule has 1 aliphatic rings. The van der Waals surface area contributed by atoms with Gasteiger partial charge in [0, 0.05) is 37.6 Å². The summed E-state index contributed by atoms with van der Waals surface area (Å²) in [6.07, 6.45) is 2.17. The number of hydrogen-bond donors (Lipinski definition) is 1. The van der Waals surface area contributed by atoms with E-state index < -0.39 is 0 Å². The predicted molar refractivity (Wildman–Crippen MR) is 75.8 cm³/mol. The zero-order valence-electron chi connectivity index (χ0n) is 11.0. The van der Waals surface area contributed by atoms with Gasteiger partial charge >= 0.3 is 0 Å². The van der Waals surface area contributed by atoms with Gasteiger partial charge in [0.15, 0.2) is 0 Å². The number of nitrogens with one attached hydrogen (secondary N) is 1. The Kier molecular flexibility index (Phi) is 4.48. The second-order valence-electron chi connectivity index (χ2n) is 4.77. The van der Waals surface area contributed by atoms with E-state index in [4.69, 9.17) is 0 Å². The van der Waals surface area contributed by atoms with Crippen LogP contribution < -0.4 is 5.32 Å². The maximum Gasteiger partial charge on any atom is 0.0246 e. The maximum atomic E-state index is 3.40. The van der Waals surface area contributed by atoms with E-state index in [2.05, 4.69) is 42.5 Å². The fourth-order valence-corrected chi connectivity index (χ4v) is 2.95. The topological polar surface area (TPSA) is 15.3 Å². The summed E-state index contributed by atoms with van der Waals surface area (Å²) < 4.78 is 0. The Bertz CT molecular complexity index is 384. The van der Waals surface area contributed by atoms with Gasteiger partial charge in [0.25, 0.3) is 0 Å². The van der Waals surface area contributed by atoms with Crippen LogP contribution in [0.4, 0.5) is 0 Å². The third-order valence-electron chi connectivity index (χ3n) is 3.50. The smallest absolute Gasteiger partial charge is 0.0246 e. The fourth-order valence-electron chi connectivity index (χ4n) is 2.27. The molecule has 0 saturated carbocycles. The molecule has 17 heavy (non-hydrogen) atoms. The molecule has 2 nitrogen and oxygen atoms in total. The van der Waals surface area contributed by atoms with Crippen molar-refractivity contribution in [3.8, 4) is 0 Å². The molecule has 0 spiro atoms. The number of thioether (sulfide) groups is 1. The van der Waals surface area contributed by atoms with Gasteiger partial charge in [-0.05, 0) is 42.9 Å². The Morgan fingerprint density at radius 1 is 1.18 bits per heavy atom. The van der Waals surface area contributed by atoms with Crippen molar-refractivity contribution in [2.24, 2.45) is 0 Å². The van der Waals surface area contributed by atoms with Crippen LogP contribution >= 0.6 is 11.8 Å². The molecule has 1 heterocycles. The highest BCUT2D eigenvalue weighted by Gasteiger charge is 2.12. The first-order valence-corrected chi connectivity index (χ1v) is 7.50. The number of rotatable bonds is 3. The lowest BCUT2D eigenvalue weighted by Gasteiger charge is -2.28. The SMILES string of the molecule is CSc1cc(C)c(C)cc1CN1CCNCC1. The van der Waals surface area contributed by atoms with Crippen molar-refractivity contribution in [3.63, 3.8) is 0 Å². The lowest BCUT2D eigenvalue weighted by Crippen LogP contribution is -2.42. The molecule has 0 aliphatic carbocycles. The standard InChI is InChI=1S/C14H22N2S/c1-11-8-13(14(17-3)9-12(11)2)10-16-6-4-15-5-7-16/h8-9,15H,4-7,10H2,1-3H3. The maximum absolute atomic E-state index is 3.40. The summed E-state index contributed by atoms with van der Waals surface area (Å²) in [6, 6.07) is 4.70. The molecule has 1 fully saturated rings. The van der Waals surface area contributed by atoms with Gasteiger partial charge in [0.2, 0.25) is 0 Å². The van der Waals surface area contributed by atoms with E-state index in [1.54, 1.807) is 0 Å². The molecule has 94 valence electrons. The summed E-state index contributed by atoms with van der Waals surface area (Å²) in [5.41, 5.74) is 4.30. The number of hydrogen-bond acceptors (Lipinski definition) is 3. The van der Waals surface area contributed by atoms with Crippen LogP contribution in [0.2, 0.25) is 0 Å². The van der Waals surface area contributed by atoms with Crippen LogP contribution in [0.15, 0.2) is 17.0 Å². The van der Waals surface area contributed by atoms with Crippen molar-refractivity contribution in [2.45, 2.75) is 25.3 Å². The molecule has 3 heteroatoms. The third-order valence-corrected chi connectivity index (χ3v) is 4.32. The summed E-state index contributed by atoms with van der Waals surface area (Å²) in [7, 11) is 0. The molecular formula is C14H22N2S. The summed E-state index contributed by atoms with van der Waals surface area (Å²) in [5, 5.41) is 3.40. The molecule has 0 amide bonds.